The van der Waals surface area contributed by atoms with Gasteiger partial charge in [-0.3, -0.25) is 23.3 Å². The molecule has 0 radical (unpaired) electrons. The molecular formula is C24H24FN5O6S3. The van der Waals surface area contributed by atoms with Crippen LogP contribution in [0.4, 0.5) is 9.52 Å². The number of benzene rings is 2. The molecule has 3 heterocycles. The van der Waals surface area contributed by atoms with Crippen LogP contribution < -0.4 is 10.5 Å². The van der Waals surface area contributed by atoms with Crippen LogP contribution in [0.3, 0.4) is 0 Å². The lowest BCUT2D eigenvalue weighted by Crippen LogP contribution is -2.38. The van der Waals surface area contributed by atoms with Crippen molar-refractivity contribution in [2.75, 3.05) is 35.9 Å². The molecule has 2 aromatic carbocycles. The van der Waals surface area contributed by atoms with E-state index in [2.05, 4.69) is 25.9 Å². The number of fused-ring (bicyclic) bond motifs is 1. The number of oxazole rings is 1. The molecule has 1 saturated heterocycles. The quantitative estimate of drug-likeness (QED) is 0.286. The molecule has 2 aromatic heterocycles. The minimum atomic E-state index is -4.35. The highest BCUT2D eigenvalue weighted by Crippen LogP contribution is 2.40. The summed E-state index contributed by atoms with van der Waals surface area (Å²) in [7, 11) is -6.83. The van der Waals surface area contributed by atoms with E-state index in [0.717, 1.165) is 30.0 Å². The van der Waals surface area contributed by atoms with Crippen molar-refractivity contribution >= 4 is 48.4 Å². The molecule has 0 bridgehead atoms. The van der Waals surface area contributed by atoms with Crippen molar-refractivity contribution in [2.45, 2.75) is 17.9 Å². The summed E-state index contributed by atoms with van der Waals surface area (Å²) in [6.45, 7) is 3.28. The SMILES string of the molecule is C[C@H](c1ccccc1C#CCN1CCS(O)(O)CC1)n1c(=O)oc2cc(S(=O)(=O)Nc3ncns3)c(F)cc21. The lowest BCUT2D eigenvalue weighted by Gasteiger charge is -2.40. The zero-order valence-electron chi connectivity index (χ0n) is 20.6. The Hall–Kier alpha value is -3.26. The molecule has 0 spiro atoms. The molecule has 1 atom stereocenters. The summed E-state index contributed by atoms with van der Waals surface area (Å²) in [5.41, 5.74) is 1.35. The fourth-order valence-corrected chi connectivity index (χ4v) is 7.32. The molecule has 11 nitrogen and oxygen atoms in total. The highest BCUT2D eigenvalue weighted by molar-refractivity contribution is 8.24. The Morgan fingerprint density at radius 2 is 2.00 bits per heavy atom. The van der Waals surface area contributed by atoms with Crippen LogP contribution >= 0.6 is 22.1 Å². The van der Waals surface area contributed by atoms with Gasteiger partial charge >= 0.3 is 5.76 Å². The monoisotopic (exact) mass is 593 g/mol. The summed E-state index contributed by atoms with van der Waals surface area (Å²) >= 11 is 0.793. The van der Waals surface area contributed by atoms with Gasteiger partial charge in [-0.25, -0.2) is 22.6 Å². The van der Waals surface area contributed by atoms with Crippen LogP contribution in [0, 0.1) is 17.7 Å². The number of nitrogens with one attached hydrogen (secondary N) is 1. The van der Waals surface area contributed by atoms with Gasteiger partial charge in [-0.1, -0.05) is 30.0 Å². The van der Waals surface area contributed by atoms with E-state index in [1.807, 2.05) is 17.0 Å². The summed E-state index contributed by atoms with van der Waals surface area (Å²) in [6, 6.07) is 8.53. The molecule has 0 unspecified atom stereocenters. The molecule has 1 fully saturated rings. The fraction of sp³-hybridized carbons (Fsp3) is 0.292. The van der Waals surface area contributed by atoms with E-state index >= 15 is 4.39 Å². The van der Waals surface area contributed by atoms with Gasteiger partial charge in [0.2, 0.25) is 5.13 Å². The Morgan fingerprint density at radius 3 is 2.72 bits per heavy atom. The predicted octanol–water partition coefficient (Wildman–Crippen LogP) is 3.41. The Morgan fingerprint density at radius 1 is 1.26 bits per heavy atom. The molecule has 0 amide bonds. The van der Waals surface area contributed by atoms with Gasteiger partial charge in [0.1, 0.15) is 17.0 Å². The van der Waals surface area contributed by atoms with Gasteiger partial charge < -0.3 is 4.42 Å². The number of aromatic nitrogens is 3. The Kier molecular flexibility index (Phi) is 7.51. The van der Waals surface area contributed by atoms with E-state index in [9.17, 15) is 22.3 Å². The maximum Gasteiger partial charge on any atom is 0.420 e. The largest absolute Gasteiger partial charge is 0.420 e. The van der Waals surface area contributed by atoms with Crippen molar-refractivity contribution in [1.82, 2.24) is 18.8 Å². The molecule has 206 valence electrons. The zero-order valence-corrected chi connectivity index (χ0v) is 23.0. The number of hydrogen-bond acceptors (Lipinski definition) is 10. The molecule has 15 heteroatoms. The minimum Gasteiger partial charge on any atom is -0.408 e. The van der Waals surface area contributed by atoms with Gasteiger partial charge in [0.25, 0.3) is 10.0 Å². The first-order valence-electron chi connectivity index (χ1n) is 11.7. The summed E-state index contributed by atoms with van der Waals surface area (Å²) in [6.07, 6.45) is 1.16. The predicted molar refractivity (Wildman–Crippen MR) is 147 cm³/mol. The Bertz CT molecular complexity index is 1730. The van der Waals surface area contributed by atoms with Crippen molar-refractivity contribution in [3.8, 4) is 11.8 Å². The molecule has 39 heavy (non-hydrogen) atoms. The van der Waals surface area contributed by atoms with E-state index in [0.29, 0.717) is 42.3 Å². The minimum absolute atomic E-state index is 0.0313. The second-order valence-corrected chi connectivity index (χ2v) is 13.7. The van der Waals surface area contributed by atoms with Crippen LogP contribution in [-0.2, 0) is 10.0 Å². The lowest BCUT2D eigenvalue weighted by molar-refractivity contribution is 0.318. The van der Waals surface area contributed by atoms with Crippen molar-refractivity contribution in [2.24, 2.45) is 0 Å². The van der Waals surface area contributed by atoms with E-state index in [1.165, 1.54) is 4.57 Å². The van der Waals surface area contributed by atoms with E-state index < -0.39 is 43.1 Å². The Balaban J connectivity index is 1.44. The third-order valence-electron chi connectivity index (χ3n) is 6.33. The molecule has 0 aliphatic carbocycles. The molecule has 3 N–H and O–H groups in total. The topological polar surface area (TPSA) is 151 Å². The van der Waals surface area contributed by atoms with Crippen LogP contribution in [-0.4, -0.2) is 67.5 Å². The van der Waals surface area contributed by atoms with Crippen molar-refractivity contribution in [1.29, 1.82) is 0 Å². The Labute approximate surface area is 228 Å². The van der Waals surface area contributed by atoms with Crippen LogP contribution in [0.5, 0.6) is 0 Å². The van der Waals surface area contributed by atoms with Gasteiger partial charge in [-0.05, 0) is 18.6 Å². The van der Waals surface area contributed by atoms with Gasteiger partial charge in [0.15, 0.2) is 5.58 Å². The first-order valence-corrected chi connectivity index (χ1v) is 15.9. The highest BCUT2D eigenvalue weighted by atomic mass is 32.3. The van der Waals surface area contributed by atoms with Crippen molar-refractivity contribution in [3.63, 3.8) is 0 Å². The van der Waals surface area contributed by atoms with Crippen LogP contribution in [0.2, 0.25) is 0 Å². The summed E-state index contributed by atoms with van der Waals surface area (Å²) in [4.78, 5) is 18.0. The summed E-state index contributed by atoms with van der Waals surface area (Å²) in [5, 5.41) is -0.0313. The standard InChI is InChI=1S/C24H24FN5O6S3/c1-16(18-7-3-2-5-17(18)6-4-8-29-9-11-38(32,33)12-10-29)30-20-13-19(25)22(14-21(20)36-24(30)31)39(34,35)28-23-26-15-27-37-23/h2-3,5,7,13-16,32-33H,8-12H2,1H3,(H,26,27,28)/t16-/m1/s1. The van der Waals surface area contributed by atoms with Gasteiger partial charge in [-0.2, -0.15) is 15.0 Å². The van der Waals surface area contributed by atoms with Gasteiger partial charge in [0.05, 0.1) is 29.6 Å². The average molecular weight is 594 g/mol. The highest BCUT2D eigenvalue weighted by Gasteiger charge is 2.26. The number of sulfonamides is 1. The normalized spacial score (nSPS) is 17.3. The second-order valence-electron chi connectivity index (χ2n) is 8.89. The first-order chi connectivity index (χ1) is 18.5. The third-order valence-corrected chi connectivity index (χ3v) is 10.1. The molecule has 4 aromatic rings. The van der Waals surface area contributed by atoms with E-state index in [-0.39, 0.29) is 16.2 Å². The summed E-state index contributed by atoms with van der Waals surface area (Å²) < 4.78 is 72.6. The van der Waals surface area contributed by atoms with Crippen molar-refractivity contribution < 1.29 is 26.3 Å². The van der Waals surface area contributed by atoms with E-state index in [4.69, 9.17) is 4.42 Å². The lowest BCUT2D eigenvalue weighted by atomic mass is 10.0. The number of rotatable bonds is 6. The molecular weight excluding hydrogens is 569 g/mol. The maximum absolute atomic E-state index is 15.1. The van der Waals surface area contributed by atoms with E-state index in [1.54, 1.807) is 19.1 Å². The molecule has 0 saturated carbocycles. The maximum atomic E-state index is 15.1. The number of nitrogens with zero attached hydrogens (tertiary/aromatic N) is 4. The average Bonchev–Trinajstić information content (AvgIpc) is 3.50. The van der Waals surface area contributed by atoms with Crippen LogP contribution in [0.15, 0.2) is 56.8 Å². The van der Waals surface area contributed by atoms with Crippen molar-refractivity contribution in [3.05, 3.63) is 70.2 Å². The third kappa shape index (κ3) is 5.86. The smallest absolute Gasteiger partial charge is 0.408 e. The first kappa shape index (κ1) is 27.3. The number of anilines is 1. The number of hydrogen-bond donors (Lipinski definition) is 3. The molecule has 1 aliphatic rings. The second kappa shape index (κ2) is 10.7. The fourth-order valence-electron chi connectivity index (χ4n) is 4.28. The van der Waals surface area contributed by atoms with Gasteiger partial charge in [-0.15, -0.1) is 0 Å². The van der Waals surface area contributed by atoms with Crippen LogP contribution in [0.25, 0.3) is 11.1 Å². The number of halogens is 1. The van der Waals surface area contributed by atoms with Gasteiger partial charge in [0, 0.05) is 42.3 Å². The summed E-state index contributed by atoms with van der Waals surface area (Å²) in [5.74, 6) is 5.05. The molecule has 5 rings (SSSR count). The van der Waals surface area contributed by atoms with Crippen LogP contribution in [0.1, 0.15) is 24.1 Å². The zero-order chi connectivity index (χ0) is 27.8. The molecule has 1 aliphatic heterocycles.